The summed E-state index contributed by atoms with van der Waals surface area (Å²) in [6, 6.07) is 0. The molecule has 1 aliphatic carbocycles. The Labute approximate surface area is 53.5 Å². The van der Waals surface area contributed by atoms with E-state index in [1.54, 1.807) is 6.08 Å². The van der Waals surface area contributed by atoms with Gasteiger partial charge in [-0.15, -0.1) is 0 Å². The smallest absolute Gasteiger partial charge is 0.328 e. The summed E-state index contributed by atoms with van der Waals surface area (Å²) in [4.78, 5) is 9.93. The molecule has 48 valence electrons. The largest absolute Gasteiger partial charge is 0.478 e. The molecular formula is C7H8O2. The van der Waals surface area contributed by atoms with Crippen LogP contribution in [0.5, 0.6) is 0 Å². The van der Waals surface area contributed by atoms with E-state index in [2.05, 4.69) is 0 Å². The fourth-order valence-electron chi connectivity index (χ4n) is 0.628. The van der Waals surface area contributed by atoms with Crippen LogP contribution >= 0.6 is 0 Å². The Morgan fingerprint density at radius 1 is 1.89 bits per heavy atom. The van der Waals surface area contributed by atoms with Crippen LogP contribution in [0.3, 0.4) is 0 Å². The van der Waals surface area contributed by atoms with Crippen molar-refractivity contribution in [3.05, 3.63) is 23.8 Å². The summed E-state index contributed by atoms with van der Waals surface area (Å²) < 4.78 is 0. The van der Waals surface area contributed by atoms with Crippen LogP contribution in [-0.4, -0.2) is 11.1 Å². The van der Waals surface area contributed by atoms with Gasteiger partial charge in [0.25, 0.3) is 0 Å². The van der Waals surface area contributed by atoms with Crippen molar-refractivity contribution >= 4 is 5.97 Å². The molecule has 0 aromatic carbocycles. The Kier molecular flexibility index (Phi) is 1.39. The molecule has 0 amide bonds. The van der Waals surface area contributed by atoms with Gasteiger partial charge in [0.05, 0.1) is 0 Å². The zero-order valence-electron chi connectivity index (χ0n) is 5.16. The standard InChI is InChI=1S/C7H8O2/c1-5-4-6(5)2-3-7(8)9/h2-4,6H,1H3,(H,8,9). The van der Waals surface area contributed by atoms with Crippen LogP contribution in [0.15, 0.2) is 23.8 Å². The predicted octanol–water partition coefficient (Wildman–Crippen LogP) is 1.20. The van der Waals surface area contributed by atoms with Gasteiger partial charge in [-0.1, -0.05) is 17.7 Å². The van der Waals surface area contributed by atoms with Gasteiger partial charge < -0.3 is 5.11 Å². The topological polar surface area (TPSA) is 37.3 Å². The molecule has 0 fully saturated rings. The highest BCUT2D eigenvalue weighted by Gasteiger charge is 2.15. The minimum absolute atomic E-state index is 0.334. The summed E-state index contributed by atoms with van der Waals surface area (Å²) in [5.74, 6) is -0.538. The van der Waals surface area contributed by atoms with E-state index in [0.717, 1.165) is 0 Å². The molecule has 1 N–H and O–H groups in total. The molecule has 1 rings (SSSR count). The minimum atomic E-state index is -0.872. The summed E-state index contributed by atoms with van der Waals surface area (Å²) in [5, 5.41) is 8.17. The number of carboxylic acid groups (broad SMARTS) is 1. The fourth-order valence-corrected chi connectivity index (χ4v) is 0.628. The maximum absolute atomic E-state index is 9.93. The van der Waals surface area contributed by atoms with Crippen molar-refractivity contribution in [1.29, 1.82) is 0 Å². The molecule has 0 heterocycles. The van der Waals surface area contributed by atoms with Crippen molar-refractivity contribution in [2.45, 2.75) is 6.92 Å². The van der Waals surface area contributed by atoms with Crippen molar-refractivity contribution in [3.63, 3.8) is 0 Å². The molecule has 0 aliphatic heterocycles. The molecule has 9 heavy (non-hydrogen) atoms. The average Bonchev–Trinajstić information content (AvgIpc) is 2.42. The summed E-state index contributed by atoms with van der Waals surface area (Å²) >= 11 is 0. The van der Waals surface area contributed by atoms with Crippen molar-refractivity contribution in [1.82, 2.24) is 0 Å². The van der Waals surface area contributed by atoms with Crippen molar-refractivity contribution in [2.24, 2.45) is 5.92 Å². The summed E-state index contributed by atoms with van der Waals surface area (Å²) in [5.41, 5.74) is 1.26. The highest BCUT2D eigenvalue weighted by molar-refractivity contribution is 5.80. The number of rotatable bonds is 2. The quantitative estimate of drug-likeness (QED) is 0.443. The zero-order valence-corrected chi connectivity index (χ0v) is 5.16. The van der Waals surface area contributed by atoms with E-state index in [1.807, 2.05) is 13.0 Å². The maximum atomic E-state index is 9.93. The second-order valence-corrected chi connectivity index (χ2v) is 2.13. The van der Waals surface area contributed by atoms with Gasteiger partial charge in [0.15, 0.2) is 0 Å². The molecule has 2 nitrogen and oxygen atoms in total. The highest BCUT2D eigenvalue weighted by Crippen LogP contribution is 2.28. The molecular weight excluding hydrogens is 116 g/mol. The third-order valence-electron chi connectivity index (χ3n) is 1.31. The van der Waals surface area contributed by atoms with E-state index < -0.39 is 5.97 Å². The molecule has 0 radical (unpaired) electrons. The monoisotopic (exact) mass is 124 g/mol. The molecule has 1 aliphatic rings. The van der Waals surface area contributed by atoms with E-state index >= 15 is 0 Å². The van der Waals surface area contributed by atoms with Gasteiger partial charge in [0.1, 0.15) is 0 Å². The average molecular weight is 124 g/mol. The molecule has 0 bridgehead atoms. The van der Waals surface area contributed by atoms with Crippen molar-refractivity contribution in [3.8, 4) is 0 Å². The molecule has 0 saturated heterocycles. The Balaban J connectivity index is 2.28. The van der Waals surface area contributed by atoms with Crippen LogP contribution in [0.25, 0.3) is 0 Å². The maximum Gasteiger partial charge on any atom is 0.328 e. The third-order valence-corrected chi connectivity index (χ3v) is 1.31. The summed E-state index contributed by atoms with van der Waals surface area (Å²) in [7, 11) is 0. The van der Waals surface area contributed by atoms with Gasteiger partial charge >= 0.3 is 5.97 Å². The van der Waals surface area contributed by atoms with Crippen molar-refractivity contribution < 1.29 is 9.90 Å². The lowest BCUT2D eigenvalue weighted by Gasteiger charge is -1.81. The molecule has 0 saturated carbocycles. The van der Waals surface area contributed by atoms with Gasteiger partial charge in [0, 0.05) is 12.0 Å². The number of carboxylic acids is 1. The molecule has 0 aromatic heterocycles. The van der Waals surface area contributed by atoms with Crippen LogP contribution in [0.2, 0.25) is 0 Å². The number of hydrogen-bond donors (Lipinski definition) is 1. The summed E-state index contributed by atoms with van der Waals surface area (Å²) in [6.45, 7) is 1.98. The van der Waals surface area contributed by atoms with E-state index in [1.165, 1.54) is 11.6 Å². The van der Waals surface area contributed by atoms with Gasteiger partial charge in [-0.25, -0.2) is 4.79 Å². The van der Waals surface area contributed by atoms with Crippen LogP contribution < -0.4 is 0 Å². The second kappa shape index (κ2) is 2.05. The van der Waals surface area contributed by atoms with E-state index in [-0.39, 0.29) is 0 Å². The van der Waals surface area contributed by atoms with Crippen molar-refractivity contribution in [2.75, 3.05) is 0 Å². The van der Waals surface area contributed by atoms with E-state index in [0.29, 0.717) is 5.92 Å². The first kappa shape index (κ1) is 6.08. The Morgan fingerprint density at radius 2 is 2.44 bits per heavy atom. The second-order valence-electron chi connectivity index (χ2n) is 2.13. The first-order valence-corrected chi connectivity index (χ1v) is 2.79. The fraction of sp³-hybridized carbons (Fsp3) is 0.286. The molecule has 1 atom stereocenters. The first-order chi connectivity index (χ1) is 4.20. The number of allylic oxidation sites excluding steroid dienone is 3. The van der Waals surface area contributed by atoms with Crippen LogP contribution in [0.4, 0.5) is 0 Å². The van der Waals surface area contributed by atoms with E-state index in [4.69, 9.17) is 5.11 Å². The number of aliphatic carboxylic acids is 1. The van der Waals surface area contributed by atoms with Crippen LogP contribution in [-0.2, 0) is 4.79 Å². The number of carbonyl (C=O) groups is 1. The van der Waals surface area contributed by atoms with Gasteiger partial charge in [-0.05, 0) is 6.92 Å². The van der Waals surface area contributed by atoms with Crippen LogP contribution in [0.1, 0.15) is 6.92 Å². The van der Waals surface area contributed by atoms with Gasteiger partial charge in [-0.2, -0.15) is 0 Å². The first-order valence-electron chi connectivity index (χ1n) is 2.79. The molecule has 2 heteroatoms. The normalized spacial score (nSPS) is 24.1. The molecule has 0 spiro atoms. The predicted molar refractivity (Wildman–Crippen MR) is 34.0 cm³/mol. The zero-order chi connectivity index (χ0) is 6.85. The lowest BCUT2D eigenvalue weighted by Crippen LogP contribution is -1.86. The van der Waals surface area contributed by atoms with E-state index in [9.17, 15) is 4.79 Å². The Bertz CT molecular complexity index is 189. The summed E-state index contributed by atoms with van der Waals surface area (Å²) in [6.07, 6.45) is 4.87. The molecule has 0 aromatic rings. The Hall–Kier alpha value is -1.05. The minimum Gasteiger partial charge on any atom is -0.478 e. The molecule has 1 unspecified atom stereocenters. The van der Waals surface area contributed by atoms with Crippen LogP contribution in [0, 0.1) is 5.92 Å². The van der Waals surface area contributed by atoms with Gasteiger partial charge in [-0.3, -0.25) is 0 Å². The highest BCUT2D eigenvalue weighted by atomic mass is 16.4. The Morgan fingerprint density at radius 3 is 2.78 bits per heavy atom. The number of hydrogen-bond acceptors (Lipinski definition) is 1. The lowest BCUT2D eigenvalue weighted by atomic mass is 10.3. The van der Waals surface area contributed by atoms with Gasteiger partial charge in [0.2, 0.25) is 0 Å². The SMILES string of the molecule is CC1=CC1C=CC(=O)O. The third kappa shape index (κ3) is 1.72. The lowest BCUT2D eigenvalue weighted by molar-refractivity contribution is -0.131.